The standard InChI is InChI=1S/C18H20/c1-3-14-4-11-18(13(2)12-14)17-9-7-16(8-10-17)15-5-6-15/h4,7-12,15H,3,5-6H2,1-2H3. The Morgan fingerprint density at radius 2 is 1.72 bits per heavy atom. The molecule has 0 nitrogen and oxygen atoms in total. The van der Waals surface area contributed by atoms with Crippen molar-refractivity contribution in [3.05, 3.63) is 59.2 Å². The van der Waals surface area contributed by atoms with Crippen molar-refractivity contribution in [1.82, 2.24) is 0 Å². The van der Waals surface area contributed by atoms with Gasteiger partial charge in [-0.3, -0.25) is 0 Å². The van der Waals surface area contributed by atoms with Crippen LogP contribution in [0.3, 0.4) is 0 Å². The molecule has 2 aromatic rings. The van der Waals surface area contributed by atoms with Gasteiger partial charge in [-0.25, -0.2) is 0 Å². The van der Waals surface area contributed by atoms with Gasteiger partial charge in [0.1, 0.15) is 0 Å². The zero-order valence-electron chi connectivity index (χ0n) is 11.2. The molecule has 0 saturated heterocycles. The Kier molecular flexibility index (Phi) is 2.95. The third-order valence-corrected chi connectivity index (χ3v) is 3.97. The maximum Gasteiger partial charge on any atom is -0.0155 e. The van der Waals surface area contributed by atoms with Gasteiger partial charge >= 0.3 is 0 Å². The summed E-state index contributed by atoms with van der Waals surface area (Å²) in [4.78, 5) is 0. The van der Waals surface area contributed by atoms with E-state index < -0.39 is 0 Å². The van der Waals surface area contributed by atoms with Crippen LogP contribution in [0, 0.1) is 6.92 Å². The van der Waals surface area contributed by atoms with Crippen molar-refractivity contribution in [2.24, 2.45) is 0 Å². The van der Waals surface area contributed by atoms with E-state index in [2.05, 4.69) is 56.3 Å². The molecule has 0 spiro atoms. The minimum atomic E-state index is 0.850. The Bertz CT molecular complexity index is 545. The van der Waals surface area contributed by atoms with E-state index in [-0.39, 0.29) is 0 Å². The van der Waals surface area contributed by atoms with Crippen LogP contribution >= 0.6 is 0 Å². The fourth-order valence-electron chi connectivity index (χ4n) is 2.62. The average Bonchev–Trinajstić information content (AvgIpc) is 3.23. The van der Waals surface area contributed by atoms with Crippen LogP contribution in [0.4, 0.5) is 0 Å². The summed E-state index contributed by atoms with van der Waals surface area (Å²) < 4.78 is 0. The Labute approximate surface area is 110 Å². The molecule has 92 valence electrons. The van der Waals surface area contributed by atoms with Gasteiger partial charge in [0.2, 0.25) is 0 Å². The molecular weight excluding hydrogens is 216 g/mol. The highest BCUT2D eigenvalue weighted by Gasteiger charge is 2.22. The molecule has 0 radical (unpaired) electrons. The van der Waals surface area contributed by atoms with Gasteiger partial charge in [0.15, 0.2) is 0 Å². The molecule has 3 rings (SSSR count). The molecule has 0 aromatic heterocycles. The third kappa shape index (κ3) is 2.20. The number of benzene rings is 2. The van der Waals surface area contributed by atoms with Crippen LogP contribution in [-0.4, -0.2) is 0 Å². The van der Waals surface area contributed by atoms with Gasteiger partial charge in [-0.15, -0.1) is 0 Å². The van der Waals surface area contributed by atoms with Gasteiger partial charge in [0.25, 0.3) is 0 Å². The van der Waals surface area contributed by atoms with Crippen LogP contribution in [0.15, 0.2) is 42.5 Å². The summed E-state index contributed by atoms with van der Waals surface area (Å²) in [5.74, 6) is 0.850. The van der Waals surface area contributed by atoms with Crippen LogP contribution in [-0.2, 0) is 6.42 Å². The highest BCUT2D eigenvalue weighted by molar-refractivity contribution is 5.68. The van der Waals surface area contributed by atoms with E-state index in [0.29, 0.717) is 0 Å². The second kappa shape index (κ2) is 4.61. The van der Waals surface area contributed by atoms with E-state index in [1.54, 1.807) is 0 Å². The average molecular weight is 236 g/mol. The third-order valence-electron chi connectivity index (χ3n) is 3.97. The van der Waals surface area contributed by atoms with Crippen LogP contribution < -0.4 is 0 Å². The normalized spacial score (nSPS) is 14.8. The quantitative estimate of drug-likeness (QED) is 0.695. The van der Waals surface area contributed by atoms with Crippen molar-refractivity contribution < 1.29 is 0 Å². The Hall–Kier alpha value is -1.56. The van der Waals surface area contributed by atoms with Crippen molar-refractivity contribution in [3.63, 3.8) is 0 Å². The summed E-state index contributed by atoms with van der Waals surface area (Å²) in [6.45, 7) is 4.42. The van der Waals surface area contributed by atoms with Crippen LogP contribution in [0.1, 0.15) is 42.4 Å². The zero-order chi connectivity index (χ0) is 12.5. The molecule has 0 bridgehead atoms. The van der Waals surface area contributed by atoms with Crippen molar-refractivity contribution in [3.8, 4) is 11.1 Å². The Morgan fingerprint density at radius 3 is 2.28 bits per heavy atom. The van der Waals surface area contributed by atoms with Crippen molar-refractivity contribution in [2.75, 3.05) is 0 Å². The summed E-state index contributed by atoms with van der Waals surface area (Å²) in [6, 6.07) is 16.0. The van der Waals surface area contributed by atoms with Crippen molar-refractivity contribution in [2.45, 2.75) is 39.0 Å². The first-order valence-corrected chi connectivity index (χ1v) is 6.98. The van der Waals surface area contributed by atoms with Gasteiger partial charge in [0, 0.05) is 0 Å². The second-order valence-electron chi connectivity index (χ2n) is 5.40. The monoisotopic (exact) mass is 236 g/mol. The first kappa shape index (κ1) is 11.5. The summed E-state index contributed by atoms with van der Waals surface area (Å²) >= 11 is 0. The summed E-state index contributed by atoms with van der Waals surface area (Å²) in [6.07, 6.45) is 3.87. The summed E-state index contributed by atoms with van der Waals surface area (Å²) in [7, 11) is 0. The molecule has 0 atom stereocenters. The Morgan fingerprint density at radius 1 is 1.00 bits per heavy atom. The molecule has 18 heavy (non-hydrogen) atoms. The lowest BCUT2D eigenvalue weighted by Crippen LogP contribution is -1.87. The van der Waals surface area contributed by atoms with Gasteiger partial charge in [0.05, 0.1) is 0 Å². The number of aryl methyl sites for hydroxylation is 2. The van der Waals surface area contributed by atoms with Gasteiger partial charge in [-0.2, -0.15) is 0 Å². The smallest absolute Gasteiger partial charge is 0.0155 e. The molecule has 0 amide bonds. The fourth-order valence-corrected chi connectivity index (χ4v) is 2.62. The topological polar surface area (TPSA) is 0 Å². The molecule has 1 saturated carbocycles. The molecule has 2 aromatic carbocycles. The second-order valence-corrected chi connectivity index (χ2v) is 5.40. The minimum Gasteiger partial charge on any atom is -0.0613 e. The van der Waals surface area contributed by atoms with Gasteiger partial charge in [-0.05, 0) is 59.9 Å². The lowest BCUT2D eigenvalue weighted by Gasteiger charge is -2.09. The summed E-state index contributed by atoms with van der Waals surface area (Å²) in [5.41, 5.74) is 7.04. The van der Waals surface area contributed by atoms with E-state index >= 15 is 0 Å². The number of rotatable bonds is 3. The zero-order valence-corrected chi connectivity index (χ0v) is 11.2. The van der Waals surface area contributed by atoms with Crippen LogP contribution in [0.5, 0.6) is 0 Å². The lowest BCUT2D eigenvalue weighted by molar-refractivity contribution is 1.13. The maximum atomic E-state index is 2.31. The molecule has 1 aliphatic rings. The molecule has 0 unspecified atom stereocenters. The molecule has 1 aliphatic carbocycles. The van der Waals surface area contributed by atoms with E-state index in [1.807, 2.05) is 0 Å². The maximum absolute atomic E-state index is 2.31. The first-order chi connectivity index (χ1) is 8.78. The molecule has 0 heteroatoms. The highest BCUT2D eigenvalue weighted by atomic mass is 14.3. The van der Waals surface area contributed by atoms with Crippen LogP contribution in [0.2, 0.25) is 0 Å². The van der Waals surface area contributed by atoms with Crippen molar-refractivity contribution >= 4 is 0 Å². The van der Waals surface area contributed by atoms with Gasteiger partial charge < -0.3 is 0 Å². The van der Waals surface area contributed by atoms with E-state index in [0.717, 1.165) is 12.3 Å². The molecular formula is C18H20. The van der Waals surface area contributed by atoms with Gasteiger partial charge in [-0.1, -0.05) is 49.4 Å². The molecule has 0 heterocycles. The van der Waals surface area contributed by atoms with Crippen LogP contribution in [0.25, 0.3) is 11.1 Å². The Balaban J connectivity index is 1.93. The van der Waals surface area contributed by atoms with E-state index in [4.69, 9.17) is 0 Å². The largest absolute Gasteiger partial charge is 0.0613 e. The predicted molar refractivity (Wildman–Crippen MR) is 78.0 cm³/mol. The molecule has 0 aliphatic heterocycles. The van der Waals surface area contributed by atoms with Crippen molar-refractivity contribution in [1.29, 1.82) is 0 Å². The summed E-state index contributed by atoms with van der Waals surface area (Å²) in [5, 5.41) is 0. The number of hydrogen-bond donors (Lipinski definition) is 0. The van der Waals surface area contributed by atoms with E-state index in [9.17, 15) is 0 Å². The number of hydrogen-bond acceptors (Lipinski definition) is 0. The SMILES string of the molecule is CCc1ccc(-c2ccc(C3CC3)cc2)c(C)c1. The predicted octanol–water partition coefficient (Wildman–Crippen LogP) is 5.10. The molecule has 0 N–H and O–H groups in total. The molecule has 1 fully saturated rings. The minimum absolute atomic E-state index is 0.850. The van der Waals surface area contributed by atoms with E-state index in [1.165, 1.54) is 40.7 Å². The highest BCUT2D eigenvalue weighted by Crippen LogP contribution is 2.40. The first-order valence-electron chi connectivity index (χ1n) is 6.98. The lowest BCUT2D eigenvalue weighted by atomic mass is 9.96. The fraction of sp³-hybridized carbons (Fsp3) is 0.333.